The van der Waals surface area contributed by atoms with Gasteiger partial charge in [-0.05, 0) is 47.6 Å². The highest BCUT2D eigenvalue weighted by Gasteiger charge is 2.56. The third-order valence-electron chi connectivity index (χ3n) is 6.21. The lowest BCUT2D eigenvalue weighted by Gasteiger charge is -2.44. The maximum absolute atomic E-state index is 12.5. The number of nitrogens with zero attached hydrogens (tertiary/aromatic N) is 2. The van der Waals surface area contributed by atoms with Gasteiger partial charge in [0.25, 0.3) is 0 Å². The Morgan fingerprint density at radius 3 is 2.73 bits per heavy atom. The molecule has 0 aliphatic carbocycles. The van der Waals surface area contributed by atoms with Crippen LogP contribution in [0.15, 0.2) is 48.3 Å². The van der Waals surface area contributed by atoms with Gasteiger partial charge >= 0.3 is 5.97 Å². The summed E-state index contributed by atoms with van der Waals surface area (Å²) < 4.78 is 0. The molecule has 1 amide bonds. The molecule has 1 saturated heterocycles. The Hall–Kier alpha value is -3.29. The summed E-state index contributed by atoms with van der Waals surface area (Å²) in [6, 6.07) is 10.9. The van der Waals surface area contributed by atoms with Crippen molar-refractivity contribution in [3.05, 3.63) is 59.4 Å². The molecule has 0 bridgehead atoms. The summed E-state index contributed by atoms with van der Waals surface area (Å²) in [5.41, 5.74) is 2.86. The molecule has 0 saturated carbocycles. The summed E-state index contributed by atoms with van der Waals surface area (Å²) in [5, 5.41) is 31.9. The molecular formula is C23H20N2O5. The van der Waals surface area contributed by atoms with E-state index in [0.717, 1.165) is 32.8 Å². The molecule has 7 nitrogen and oxygen atoms in total. The molecule has 1 aromatic heterocycles. The van der Waals surface area contributed by atoms with Crippen molar-refractivity contribution in [1.29, 1.82) is 0 Å². The van der Waals surface area contributed by atoms with E-state index in [1.54, 1.807) is 13.1 Å². The summed E-state index contributed by atoms with van der Waals surface area (Å²) in [6.07, 6.45) is 1.33. The Morgan fingerprint density at radius 2 is 2.03 bits per heavy atom. The fourth-order valence-corrected chi connectivity index (χ4v) is 4.77. The summed E-state index contributed by atoms with van der Waals surface area (Å²) in [6.45, 7) is 1.49. The molecule has 2 aromatic carbocycles. The third kappa shape index (κ3) is 2.56. The van der Waals surface area contributed by atoms with Crippen LogP contribution in [-0.2, 0) is 16.2 Å². The van der Waals surface area contributed by atoms with E-state index < -0.39 is 18.0 Å². The zero-order valence-electron chi connectivity index (χ0n) is 16.2. The van der Waals surface area contributed by atoms with Gasteiger partial charge in [-0.3, -0.25) is 9.78 Å². The molecule has 7 heteroatoms. The van der Waals surface area contributed by atoms with Gasteiger partial charge in [0.2, 0.25) is 5.91 Å². The smallest absolute Gasteiger partial charge is 0.352 e. The van der Waals surface area contributed by atoms with E-state index in [2.05, 4.69) is 4.98 Å². The summed E-state index contributed by atoms with van der Waals surface area (Å²) in [7, 11) is 0. The number of β-lactam (4-membered cyclic amide) rings is 1. The van der Waals surface area contributed by atoms with Gasteiger partial charge in [0.15, 0.2) is 0 Å². The van der Waals surface area contributed by atoms with Crippen molar-refractivity contribution in [1.82, 2.24) is 9.88 Å². The average Bonchev–Trinajstić information content (AvgIpc) is 3.07. The van der Waals surface area contributed by atoms with E-state index >= 15 is 0 Å². The molecule has 3 aromatic rings. The number of hydrogen-bond donors (Lipinski definition) is 3. The number of amides is 1. The molecule has 0 radical (unpaired) electrons. The van der Waals surface area contributed by atoms with Gasteiger partial charge in [-0.25, -0.2) is 4.79 Å². The van der Waals surface area contributed by atoms with Crippen LogP contribution in [0.1, 0.15) is 24.5 Å². The Kier molecular flexibility index (Phi) is 4.13. The Labute approximate surface area is 171 Å². The molecule has 2 aliphatic rings. The van der Waals surface area contributed by atoms with E-state index in [1.807, 2.05) is 36.4 Å². The van der Waals surface area contributed by atoms with Gasteiger partial charge < -0.3 is 20.2 Å². The number of aliphatic hydroxyl groups excluding tert-OH is 2. The quantitative estimate of drug-likeness (QED) is 0.455. The maximum atomic E-state index is 12.5. The van der Waals surface area contributed by atoms with E-state index in [9.17, 15) is 24.9 Å². The molecule has 1 fully saturated rings. The number of carboxylic acids is 1. The minimum Gasteiger partial charge on any atom is -0.477 e. The fourth-order valence-electron chi connectivity index (χ4n) is 4.77. The number of aliphatic carboxylic acids is 1. The number of aliphatic hydroxyl groups is 2. The van der Waals surface area contributed by atoms with Crippen LogP contribution in [0.25, 0.3) is 27.2 Å². The number of pyridine rings is 1. The van der Waals surface area contributed by atoms with Gasteiger partial charge in [0, 0.05) is 17.0 Å². The Bertz CT molecular complexity index is 1260. The zero-order chi connectivity index (χ0) is 21.2. The van der Waals surface area contributed by atoms with Crippen molar-refractivity contribution in [3.8, 4) is 0 Å². The minimum absolute atomic E-state index is 0.00202. The SMILES string of the molecule is C[C@@H](O)[C@H]1C(=O)N2C(C(=O)O)=C(c3ccc4cnc5cc(CO)ccc5c4c3)C[C@H]12. The average molecular weight is 404 g/mol. The second kappa shape index (κ2) is 6.62. The number of fused-ring (bicyclic) bond motifs is 4. The topological polar surface area (TPSA) is 111 Å². The lowest BCUT2D eigenvalue weighted by atomic mass is 9.82. The monoisotopic (exact) mass is 404 g/mol. The molecule has 30 heavy (non-hydrogen) atoms. The number of hydrogen-bond acceptors (Lipinski definition) is 5. The van der Waals surface area contributed by atoms with Crippen molar-refractivity contribution < 1.29 is 24.9 Å². The van der Waals surface area contributed by atoms with Crippen molar-refractivity contribution in [2.24, 2.45) is 5.92 Å². The summed E-state index contributed by atoms with van der Waals surface area (Å²) >= 11 is 0. The van der Waals surface area contributed by atoms with Crippen LogP contribution in [-0.4, -0.2) is 49.2 Å². The van der Waals surface area contributed by atoms with Gasteiger partial charge in [-0.1, -0.05) is 24.3 Å². The highest BCUT2D eigenvalue weighted by molar-refractivity contribution is 6.09. The number of benzene rings is 2. The van der Waals surface area contributed by atoms with E-state index in [0.29, 0.717) is 12.0 Å². The number of carbonyl (C=O) groups excluding carboxylic acids is 1. The van der Waals surface area contributed by atoms with Crippen LogP contribution in [0.4, 0.5) is 0 Å². The van der Waals surface area contributed by atoms with Gasteiger partial charge in [0.05, 0.1) is 30.2 Å². The lowest BCUT2D eigenvalue weighted by Crippen LogP contribution is -2.61. The highest BCUT2D eigenvalue weighted by atomic mass is 16.4. The lowest BCUT2D eigenvalue weighted by molar-refractivity contribution is -0.161. The molecule has 0 spiro atoms. The molecule has 2 aliphatic heterocycles. The van der Waals surface area contributed by atoms with E-state index in [1.165, 1.54) is 4.90 Å². The molecule has 5 rings (SSSR count). The van der Waals surface area contributed by atoms with Crippen molar-refractivity contribution >= 4 is 39.1 Å². The van der Waals surface area contributed by atoms with Crippen LogP contribution in [0.2, 0.25) is 0 Å². The Morgan fingerprint density at radius 1 is 1.23 bits per heavy atom. The number of rotatable bonds is 4. The second-order valence-electron chi connectivity index (χ2n) is 7.95. The first kappa shape index (κ1) is 18.7. The van der Waals surface area contributed by atoms with Gasteiger partial charge in [-0.2, -0.15) is 0 Å². The van der Waals surface area contributed by atoms with Crippen molar-refractivity contribution in [2.75, 3.05) is 0 Å². The first-order valence-electron chi connectivity index (χ1n) is 9.81. The van der Waals surface area contributed by atoms with Crippen molar-refractivity contribution in [3.63, 3.8) is 0 Å². The maximum Gasteiger partial charge on any atom is 0.352 e. The van der Waals surface area contributed by atoms with Gasteiger partial charge in [0.1, 0.15) is 5.70 Å². The first-order valence-corrected chi connectivity index (χ1v) is 9.81. The zero-order valence-corrected chi connectivity index (χ0v) is 16.2. The van der Waals surface area contributed by atoms with Crippen LogP contribution in [0.5, 0.6) is 0 Å². The minimum atomic E-state index is -1.14. The number of carbonyl (C=O) groups is 2. The Balaban J connectivity index is 1.66. The molecule has 3 atom stereocenters. The first-order chi connectivity index (χ1) is 14.4. The highest BCUT2D eigenvalue weighted by Crippen LogP contribution is 2.47. The van der Waals surface area contributed by atoms with Crippen LogP contribution in [0, 0.1) is 5.92 Å². The number of carboxylic acid groups (broad SMARTS) is 1. The largest absolute Gasteiger partial charge is 0.477 e. The summed E-state index contributed by atoms with van der Waals surface area (Å²) in [5.74, 6) is -2.05. The van der Waals surface area contributed by atoms with Crippen molar-refractivity contribution in [2.45, 2.75) is 32.1 Å². The van der Waals surface area contributed by atoms with E-state index in [4.69, 9.17) is 0 Å². The van der Waals surface area contributed by atoms with Gasteiger partial charge in [-0.15, -0.1) is 0 Å². The predicted molar refractivity (Wildman–Crippen MR) is 110 cm³/mol. The third-order valence-corrected chi connectivity index (χ3v) is 6.21. The predicted octanol–water partition coefficient (Wildman–Crippen LogP) is 2.29. The number of aromatic nitrogens is 1. The summed E-state index contributed by atoms with van der Waals surface area (Å²) in [4.78, 5) is 30.2. The molecule has 152 valence electrons. The van der Waals surface area contributed by atoms with Crippen LogP contribution >= 0.6 is 0 Å². The molecular weight excluding hydrogens is 384 g/mol. The second-order valence-corrected chi connectivity index (χ2v) is 7.95. The van der Waals surface area contributed by atoms with Crippen LogP contribution in [0.3, 0.4) is 0 Å². The normalized spacial score (nSPS) is 21.8. The van der Waals surface area contributed by atoms with E-state index in [-0.39, 0.29) is 24.3 Å². The molecule has 3 heterocycles. The van der Waals surface area contributed by atoms with Crippen LogP contribution < -0.4 is 0 Å². The fraction of sp³-hybridized carbons (Fsp3) is 0.261. The molecule has 3 N–H and O–H groups in total. The molecule has 0 unspecified atom stereocenters. The standard InChI is InChI=1S/C23H20N2O5/c1-11(27)20-19-8-17(21(23(29)30)25(19)22(20)28)13-3-4-14-9-24-18-6-12(10-26)2-5-15(18)16(14)7-13/h2-7,9,11,19-20,26-27H,8,10H2,1H3,(H,29,30)/t11-,19-,20-/m1/s1.